The first-order valence-electron chi connectivity index (χ1n) is 8.61. The van der Waals surface area contributed by atoms with Gasteiger partial charge in [0.15, 0.2) is 0 Å². The molecule has 3 nitrogen and oxygen atoms in total. The highest BCUT2D eigenvalue weighted by molar-refractivity contribution is 7.14. The second-order valence-corrected chi connectivity index (χ2v) is 8.67. The Hall–Kier alpha value is -1.23. The zero-order valence-corrected chi connectivity index (χ0v) is 16.1. The van der Waals surface area contributed by atoms with Crippen molar-refractivity contribution in [3.8, 4) is 5.75 Å². The van der Waals surface area contributed by atoms with Gasteiger partial charge in [-0.2, -0.15) is 0 Å². The lowest BCUT2D eigenvalue weighted by atomic mass is 10.1. The average Bonchev–Trinajstić information content (AvgIpc) is 3.11. The predicted octanol–water partition coefficient (Wildman–Crippen LogP) is 5.75. The van der Waals surface area contributed by atoms with Gasteiger partial charge >= 0.3 is 0 Å². The number of thiophene rings is 1. The van der Waals surface area contributed by atoms with Gasteiger partial charge in [0.25, 0.3) is 5.91 Å². The Morgan fingerprint density at radius 3 is 2.44 bits per heavy atom. The molecule has 1 saturated carbocycles. The summed E-state index contributed by atoms with van der Waals surface area (Å²) in [5, 5.41) is 1.11. The number of rotatable bonds is 5. The predicted molar refractivity (Wildman–Crippen MR) is 102 cm³/mol. The molecule has 0 radical (unpaired) electrons. The lowest BCUT2D eigenvalue weighted by Crippen LogP contribution is -2.26. The van der Waals surface area contributed by atoms with Crippen LogP contribution in [0.5, 0.6) is 5.75 Å². The quantitative estimate of drug-likeness (QED) is 0.644. The van der Waals surface area contributed by atoms with E-state index in [4.69, 9.17) is 27.9 Å². The molecular weight excluding hydrogens is 377 g/mol. The summed E-state index contributed by atoms with van der Waals surface area (Å²) in [6.07, 6.45) is 4.62. The molecule has 132 valence electrons. The highest BCUT2D eigenvalue weighted by Crippen LogP contribution is 2.45. The lowest BCUT2D eigenvalue weighted by molar-refractivity contribution is 0.0797. The first-order chi connectivity index (χ1) is 12.1. The second kappa shape index (κ2) is 7.18. The molecule has 4 rings (SSSR count). The van der Waals surface area contributed by atoms with E-state index in [0.717, 1.165) is 35.7 Å². The SMILES string of the molecule is O=C(c1cc(C2CC2)c(COc2cc(Cl)cc(Cl)c2)s1)N1CCCC1. The number of carbonyl (C=O) groups excluding carboxylic acids is 1. The highest BCUT2D eigenvalue weighted by atomic mass is 35.5. The maximum Gasteiger partial charge on any atom is 0.263 e. The van der Waals surface area contributed by atoms with Crippen LogP contribution < -0.4 is 4.74 Å². The van der Waals surface area contributed by atoms with Crippen molar-refractivity contribution in [2.75, 3.05) is 13.1 Å². The van der Waals surface area contributed by atoms with E-state index in [1.54, 1.807) is 29.5 Å². The molecule has 0 bridgehead atoms. The van der Waals surface area contributed by atoms with Crippen molar-refractivity contribution in [3.05, 3.63) is 49.6 Å². The summed E-state index contributed by atoms with van der Waals surface area (Å²) >= 11 is 13.6. The summed E-state index contributed by atoms with van der Waals surface area (Å²) in [5.41, 5.74) is 1.28. The van der Waals surface area contributed by atoms with E-state index in [1.807, 2.05) is 4.90 Å². The molecule has 6 heteroatoms. The molecule has 2 fully saturated rings. The first kappa shape index (κ1) is 17.2. The molecule has 25 heavy (non-hydrogen) atoms. The molecular formula is C19H19Cl2NO2S. The lowest BCUT2D eigenvalue weighted by Gasteiger charge is -2.13. The van der Waals surface area contributed by atoms with Gasteiger partial charge in [-0.25, -0.2) is 0 Å². The Bertz CT molecular complexity index is 774. The molecule has 1 amide bonds. The largest absolute Gasteiger partial charge is 0.488 e. The van der Waals surface area contributed by atoms with Crippen LogP contribution in [0.4, 0.5) is 0 Å². The van der Waals surface area contributed by atoms with Gasteiger partial charge in [-0.15, -0.1) is 11.3 Å². The maximum absolute atomic E-state index is 12.7. The molecule has 2 aliphatic rings. The van der Waals surface area contributed by atoms with Crippen molar-refractivity contribution in [2.24, 2.45) is 0 Å². The molecule has 0 atom stereocenters. The molecule has 1 aromatic heterocycles. The standard InChI is InChI=1S/C19H19Cl2NO2S/c20-13-7-14(21)9-15(8-13)24-11-18-16(12-3-4-12)10-17(25-18)19(23)22-5-1-2-6-22/h7-10,12H,1-6,11H2. The van der Waals surface area contributed by atoms with Crippen LogP contribution in [-0.2, 0) is 6.61 Å². The fourth-order valence-electron chi connectivity index (χ4n) is 3.24. The average molecular weight is 396 g/mol. The van der Waals surface area contributed by atoms with Crippen LogP contribution in [0.2, 0.25) is 10.0 Å². The number of carbonyl (C=O) groups is 1. The van der Waals surface area contributed by atoms with E-state index in [0.29, 0.717) is 28.3 Å². The van der Waals surface area contributed by atoms with Crippen molar-refractivity contribution < 1.29 is 9.53 Å². The van der Waals surface area contributed by atoms with Gasteiger partial charge in [0, 0.05) is 28.0 Å². The zero-order valence-electron chi connectivity index (χ0n) is 13.8. The van der Waals surface area contributed by atoms with Crippen molar-refractivity contribution in [1.82, 2.24) is 4.90 Å². The molecule has 0 unspecified atom stereocenters. The Kier molecular flexibility index (Phi) is 4.94. The van der Waals surface area contributed by atoms with E-state index in [9.17, 15) is 4.79 Å². The Morgan fingerprint density at radius 2 is 1.80 bits per heavy atom. The van der Waals surface area contributed by atoms with Crippen molar-refractivity contribution in [3.63, 3.8) is 0 Å². The van der Waals surface area contributed by atoms with Gasteiger partial charge in [0.05, 0.1) is 4.88 Å². The van der Waals surface area contributed by atoms with Crippen LogP contribution in [0, 0.1) is 0 Å². The summed E-state index contributed by atoms with van der Waals surface area (Å²) in [6.45, 7) is 2.20. The van der Waals surface area contributed by atoms with Crippen LogP contribution in [-0.4, -0.2) is 23.9 Å². The van der Waals surface area contributed by atoms with Crippen molar-refractivity contribution in [1.29, 1.82) is 0 Å². The molecule has 2 aromatic rings. The molecule has 1 aromatic carbocycles. The van der Waals surface area contributed by atoms with Crippen LogP contribution >= 0.6 is 34.5 Å². The number of hydrogen-bond donors (Lipinski definition) is 0. The van der Waals surface area contributed by atoms with E-state index in [2.05, 4.69) is 6.07 Å². The maximum atomic E-state index is 12.7. The third kappa shape index (κ3) is 3.97. The molecule has 0 spiro atoms. The first-order valence-corrected chi connectivity index (χ1v) is 10.2. The minimum atomic E-state index is 0.168. The summed E-state index contributed by atoms with van der Waals surface area (Å²) in [4.78, 5) is 16.6. The summed E-state index contributed by atoms with van der Waals surface area (Å²) in [5.74, 6) is 1.40. The number of likely N-dealkylation sites (tertiary alicyclic amines) is 1. The van der Waals surface area contributed by atoms with Crippen LogP contribution in [0.25, 0.3) is 0 Å². The Morgan fingerprint density at radius 1 is 1.12 bits per heavy atom. The van der Waals surface area contributed by atoms with Crippen LogP contribution in [0.1, 0.15) is 51.7 Å². The third-order valence-corrected chi connectivity index (χ3v) is 6.22. The fourth-order valence-corrected chi connectivity index (χ4v) is 4.87. The number of benzene rings is 1. The second-order valence-electron chi connectivity index (χ2n) is 6.66. The van der Waals surface area contributed by atoms with Gasteiger partial charge in [0.2, 0.25) is 0 Å². The molecule has 2 heterocycles. The third-order valence-electron chi connectivity index (χ3n) is 4.67. The number of hydrogen-bond acceptors (Lipinski definition) is 3. The normalized spacial score (nSPS) is 17.1. The molecule has 1 aliphatic carbocycles. The Labute approximate surface area is 161 Å². The monoisotopic (exact) mass is 395 g/mol. The smallest absolute Gasteiger partial charge is 0.263 e. The number of halogens is 2. The molecule has 1 saturated heterocycles. The Balaban J connectivity index is 1.52. The zero-order chi connectivity index (χ0) is 17.4. The van der Waals surface area contributed by atoms with Crippen LogP contribution in [0.15, 0.2) is 24.3 Å². The van der Waals surface area contributed by atoms with Crippen molar-refractivity contribution in [2.45, 2.75) is 38.2 Å². The van der Waals surface area contributed by atoms with E-state index >= 15 is 0 Å². The minimum Gasteiger partial charge on any atom is -0.488 e. The highest BCUT2D eigenvalue weighted by Gasteiger charge is 2.30. The van der Waals surface area contributed by atoms with E-state index in [-0.39, 0.29) is 5.91 Å². The van der Waals surface area contributed by atoms with Crippen LogP contribution in [0.3, 0.4) is 0 Å². The van der Waals surface area contributed by atoms with E-state index in [1.165, 1.54) is 18.4 Å². The van der Waals surface area contributed by atoms with Gasteiger partial charge in [-0.1, -0.05) is 23.2 Å². The molecule has 0 N–H and O–H groups in total. The minimum absolute atomic E-state index is 0.168. The fraction of sp³-hybridized carbons (Fsp3) is 0.421. The molecule has 1 aliphatic heterocycles. The summed E-state index contributed by atoms with van der Waals surface area (Å²) in [6, 6.07) is 7.29. The summed E-state index contributed by atoms with van der Waals surface area (Å²) < 4.78 is 5.91. The van der Waals surface area contributed by atoms with Gasteiger partial charge in [-0.05, 0) is 61.4 Å². The number of amides is 1. The van der Waals surface area contributed by atoms with Gasteiger partial charge < -0.3 is 9.64 Å². The van der Waals surface area contributed by atoms with E-state index < -0.39 is 0 Å². The number of ether oxygens (including phenoxy) is 1. The topological polar surface area (TPSA) is 29.5 Å². The number of nitrogens with zero attached hydrogens (tertiary/aromatic N) is 1. The summed E-state index contributed by atoms with van der Waals surface area (Å²) in [7, 11) is 0. The van der Waals surface area contributed by atoms with Crippen molar-refractivity contribution >= 4 is 40.4 Å². The van der Waals surface area contributed by atoms with Gasteiger partial charge in [-0.3, -0.25) is 4.79 Å². The van der Waals surface area contributed by atoms with Gasteiger partial charge in [0.1, 0.15) is 12.4 Å².